The molecule has 19 heavy (non-hydrogen) atoms. The first-order valence-corrected chi connectivity index (χ1v) is 8.83. The molecule has 0 radical (unpaired) electrons. The van der Waals surface area contributed by atoms with Gasteiger partial charge in [0.05, 0.1) is 0 Å². The van der Waals surface area contributed by atoms with Crippen LogP contribution in [0.15, 0.2) is 15.9 Å². The van der Waals surface area contributed by atoms with E-state index in [1.165, 1.54) is 15.8 Å². The lowest BCUT2D eigenvalue weighted by molar-refractivity contribution is 0.0546. The SMILES string of the molecule is CCC1(C)CN(Cc2sccc2Br)C(C(C)C)CN1. The van der Waals surface area contributed by atoms with E-state index in [0.717, 1.165) is 19.6 Å². The third-order valence-corrected chi connectivity index (χ3v) is 6.26. The Balaban J connectivity index is 2.14. The van der Waals surface area contributed by atoms with Crippen molar-refractivity contribution in [1.29, 1.82) is 0 Å². The van der Waals surface area contributed by atoms with Crippen LogP contribution in [0.2, 0.25) is 0 Å². The molecule has 2 unspecified atom stereocenters. The topological polar surface area (TPSA) is 15.3 Å². The second-order valence-corrected chi connectivity index (χ2v) is 8.06. The summed E-state index contributed by atoms with van der Waals surface area (Å²) in [6, 6.07) is 2.79. The fraction of sp³-hybridized carbons (Fsp3) is 0.733. The predicted molar refractivity (Wildman–Crippen MR) is 87.8 cm³/mol. The Morgan fingerprint density at radius 1 is 1.58 bits per heavy atom. The molecule has 1 N–H and O–H groups in total. The summed E-state index contributed by atoms with van der Waals surface area (Å²) in [7, 11) is 0. The van der Waals surface area contributed by atoms with Crippen LogP contribution in [0.5, 0.6) is 0 Å². The summed E-state index contributed by atoms with van der Waals surface area (Å²) in [4.78, 5) is 4.12. The maximum atomic E-state index is 3.75. The third kappa shape index (κ3) is 3.60. The van der Waals surface area contributed by atoms with E-state index < -0.39 is 0 Å². The molecule has 1 aliphatic rings. The summed E-state index contributed by atoms with van der Waals surface area (Å²) in [6.07, 6.45) is 1.18. The van der Waals surface area contributed by atoms with Gasteiger partial charge in [0.1, 0.15) is 0 Å². The minimum atomic E-state index is 0.259. The van der Waals surface area contributed by atoms with Crippen molar-refractivity contribution in [1.82, 2.24) is 10.2 Å². The smallest absolute Gasteiger partial charge is 0.0343 e. The van der Waals surface area contributed by atoms with Crippen molar-refractivity contribution < 1.29 is 0 Å². The van der Waals surface area contributed by atoms with E-state index in [9.17, 15) is 0 Å². The molecule has 4 heteroatoms. The number of hydrogen-bond donors (Lipinski definition) is 1. The van der Waals surface area contributed by atoms with Gasteiger partial charge in [-0.15, -0.1) is 11.3 Å². The van der Waals surface area contributed by atoms with E-state index in [1.54, 1.807) is 0 Å². The highest BCUT2D eigenvalue weighted by Gasteiger charge is 2.35. The van der Waals surface area contributed by atoms with Crippen LogP contribution in [0.25, 0.3) is 0 Å². The van der Waals surface area contributed by atoms with Gasteiger partial charge >= 0.3 is 0 Å². The second-order valence-electron chi connectivity index (χ2n) is 6.20. The lowest BCUT2D eigenvalue weighted by atomic mass is 9.90. The molecular formula is C15H25BrN2S. The molecule has 2 atom stereocenters. The number of thiophene rings is 1. The van der Waals surface area contributed by atoms with Crippen LogP contribution in [0, 0.1) is 5.92 Å². The largest absolute Gasteiger partial charge is 0.309 e. The molecule has 1 aromatic heterocycles. The number of nitrogens with zero attached hydrogens (tertiary/aromatic N) is 1. The Morgan fingerprint density at radius 2 is 2.32 bits per heavy atom. The summed E-state index contributed by atoms with van der Waals surface area (Å²) >= 11 is 5.52. The molecule has 0 aromatic carbocycles. The Morgan fingerprint density at radius 3 is 2.84 bits per heavy atom. The van der Waals surface area contributed by atoms with Crippen molar-refractivity contribution in [2.24, 2.45) is 5.92 Å². The van der Waals surface area contributed by atoms with Crippen molar-refractivity contribution >= 4 is 27.3 Å². The number of piperazine rings is 1. The number of hydrogen-bond acceptors (Lipinski definition) is 3. The van der Waals surface area contributed by atoms with Gasteiger partial charge in [0.2, 0.25) is 0 Å². The van der Waals surface area contributed by atoms with Crippen LogP contribution in [-0.4, -0.2) is 29.6 Å². The lowest BCUT2D eigenvalue weighted by Gasteiger charge is -2.47. The van der Waals surface area contributed by atoms with Crippen molar-refractivity contribution in [2.45, 2.75) is 52.2 Å². The first kappa shape index (κ1) is 15.5. The van der Waals surface area contributed by atoms with E-state index in [2.05, 4.69) is 65.3 Å². The number of rotatable bonds is 4. The molecule has 1 aliphatic heterocycles. The van der Waals surface area contributed by atoms with E-state index >= 15 is 0 Å². The van der Waals surface area contributed by atoms with Crippen LogP contribution in [0.1, 0.15) is 39.0 Å². The van der Waals surface area contributed by atoms with E-state index in [0.29, 0.717) is 12.0 Å². The summed E-state index contributed by atoms with van der Waals surface area (Å²) in [5.41, 5.74) is 0.259. The molecule has 1 aromatic rings. The first-order chi connectivity index (χ1) is 8.95. The predicted octanol–water partition coefficient (Wildman–Crippen LogP) is 4.11. The van der Waals surface area contributed by atoms with E-state index in [-0.39, 0.29) is 5.54 Å². The Labute approximate surface area is 129 Å². The van der Waals surface area contributed by atoms with Crippen LogP contribution in [0.3, 0.4) is 0 Å². The molecule has 0 saturated carbocycles. The fourth-order valence-corrected chi connectivity index (χ4v) is 4.29. The summed E-state index contributed by atoms with van der Waals surface area (Å²) < 4.78 is 1.26. The molecule has 2 heterocycles. The maximum Gasteiger partial charge on any atom is 0.0343 e. The second kappa shape index (κ2) is 6.25. The Bertz CT molecular complexity index is 418. The van der Waals surface area contributed by atoms with Gasteiger partial charge in [0.15, 0.2) is 0 Å². The molecule has 0 bridgehead atoms. The highest BCUT2D eigenvalue weighted by Crippen LogP contribution is 2.29. The summed E-state index contributed by atoms with van der Waals surface area (Å²) in [5, 5.41) is 5.92. The molecule has 0 aliphatic carbocycles. The third-order valence-electron chi connectivity index (χ3n) is 4.35. The number of halogens is 1. The molecule has 0 amide bonds. The molecular weight excluding hydrogens is 320 g/mol. The lowest BCUT2D eigenvalue weighted by Crippen LogP contribution is -2.63. The maximum absolute atomic E-state index is 3.75. The highest BCUT2D eigenvalue weighted by atomic mass is 79.9. The fourth-order valence-electron chi connectivity index (χ4n) is 2.79. The van der Waals surface area contributed by atoms with Crippen molar-refractivity contribution in [3.8, 4) is 0 Å². The molecule has 2 rings (SSSR count). The highest BCUT2D eigenvalue weighted by molar-refractivity contribution is 9.10. The monoisotopic (exact) mass is 344 g/mol. The van der Waals surface area contributed by atoms with Crippen molar-refractivity contribution in [3.63, 3.8) is 0 Å². The molecule has 0 spiro atoms. The van der Waals surface area contributed by atoms with Crippen LogP contribution < -0.4 is 5.32 Å². The van der Waals surface area contributed by atoms with E-state index in [4.69, 9.17) is 0 Å². The Kier molecular flexibility index (Phi) is 5.09. The van der Waals surface area contributed by atoms with Gasteiger partial charge in [-0.3, -0.25) is 4.90 Å². The van der Waals surface area contributed by atoms with Crippen molar-refractivity contribution in [3.05, 3.63) is 20.8 Å². The summed E-state index contributed by atoms with van der Waals surface area (Å²) in [5.74, 6) is 0.688. The van der Waals surface area contributed by atoms with Gasteiger partial charge in [-0.1, -0.05) is 20.8 Å². The van der Waals surface area contributed by atoms with Crippen LogP contribution in [0.4, 0.5) is 0 Å². The van der Waals surface area contributed by atoms with Gasteiger partial charge < -0.3 is 5.32 Å². The Hall–Kier alpha value is 0.1000. The normalized spacial score (nSPS) is 29.1. The molecule has 1 saturated heterocycles. The van der Waals surface area contributed by atoms with Crippen LogP contribution in [-0.2, 0) is 6.54 Å². The number of nitrogens with one attached hydrogen (secondary N) is 1. The van der Waals surface area contributed by atoms with Gasteiger partial charge in [-0.05, 0) is 46.6 Å². The summed E-state index contributed by atoms with van der Waals surface area (Å²) in [6.45, 7) is 12.6. The quantitative estimate of drug-likeness (QED) is 0.884. The average molecular weight is 345 g/mol. The average Bonchev–Trinajstić information content (AvgIpc) is 2.75. The van der Waals surface area contributed by atoms with Gasteiger partial charge in [0, 0.05) is 40.6 Å². The van der Waals surface area contributed by atoms with Gasteiger partial charge in [0.25, 0.3) is 0 Å². The minimum absolute atomic E-state index is 0.259. The molecule has 2 nitrogen and oxygen atoms in total. The molecule has 108 valence electrons. The zero-order chi connectivity index (χ0) is 14.0. The minimum Gasteiger partial charge on any atom is -0.309 e. The van der Waals surface area contributed by atoms with Gasteiger partial charge in [-0.25, -0.2) is 0 Å². The van der Waals surface area contributed by atoms with Crippen molar-refractivity contribution in [2.75, 3.05) is 13.1 Å². The standard InChI is InChI=1S/C15H25BrN2S/c1-5-15(4)10-18(13(8-17-15)11(2)3)9-14-12(16)6-7-19-14/h6-7,11,13,17H,5,8-10H2,1-4H3. The van der Waals surface area contributed by atoms with E-state index in [1.807, 2.05) is 11.3 Å². The molecule has 1 fully saturated rings. The van der Waals surface area contributed by atoms with Crippen LogP contribution >= 0.6 is 27.3 Å². The zero-order valence-corrected chi connectivity index (χ0v) is 14.8. The first-order valence-electron chi connectivity index (χ1n) is 7.16. The van der Waals surface area contributed by atoms with Gasteiger partial charge in [-0.2, -0.15) is 0 Å². The zero-order valence-electron chi connectivity index (χ0n) is 12.4.